The summed E-state index contributed by atoms with van der Waals surface area (Å²) in [4.78, 5) is 11.8. The van der Waals surface area contributed by atoms with E-state index in [-0.39, 0.29) is 22.8 Å². The molecule has 1 heterocycles. The summed E-state index contributed by atoms with van der Waals surface area (Å²) in [5.41, 5.74) is 0.127. The lowest BCUT2D eigenvalue weighted by Gasteiger charge is -2.15. The molecule has 0 unspecified atom stereocenters. The van der Waals surface area contributed by atoms with Gasteiger partial charge in [0.15, 0.2) is 0 Å². The summed E-state index contributed by atoms with van der Waals surface area (Å²) in [5.74, 6) is -0.00687. The van der Waals surface area contributed by atoms with Crippen molar-refractivity contribution in [2.24, 2.45) is 5.92 Å². The third-order valence-electron chi connectivity index (χ3n) is 5.07. The Morgan fingerprint density at radius 1 is 1.30 bits per heavy atom. The molecule has 0 spiro atoms. The van der Waals surface area contributed by atoms with Crippen LogP contribution in [0.5, 0.6) is 0 Å². The molecule has 0 aromatic heterocycles. The molecule has 1 aliphatic heterocycles. The quantitative estimate of drug-likeness (QED) is 0.600. The molecule has 2 atom stereocenters. The lowest BCUT2D eigenvalue weighted by atomic mass is 9.79. The van der Waals surface area contributed by atoms with E-state index in [1.54, 1.807) is 12.1 Å². The zero-order valence-electron chi connectivity index (χ0n) is 15.7. The first kappa shape index (κ1) is 19.9. The minimum atomic E-state index is -3.67. The Kier molecular flexibility index (Phi) is 5.38. The first-order chi connectivity index (χ1) is 12.6. The SMILES string of the molecule is C=C1OB(c2ccc(S(=O)(=O)N[C@H]3CC[C@@H](C(=O)OC)C3)cc2)OC1(C)C. The lowest BCUT2D eigenvalue weighted by Crippen LogP contribution is -2.35. The Hall–Kier alpha value is -1.84. The summed E-state index contributed by atoms with van der Waals surface area (Å²) in [6, 6.07) is 6.10. The Balaban J connectivity index is 1.66. The summed E-state index contributed by atoms with van der Waals surface area (Å²) >= 11 is 0. The number of esters is 1. The summed E-state index contributed by atoms with van der Waals surface area (Å²) in [5, 5.41) is 0. The van der Waals surface area contributed by atoms with E-state index in [1.165, 1.54) is 19.2 Å². The Bertz CT molecular complexity index is 836. The topological polar surface area (TPSA) is 90.9 Å². The molecule has 3 rings (SSSR count). The van der Waals surface area contributed by atoms with Gasteiger partial charge in [-0.2, -0.15) is 0 Å². The molecular formula is C18H24BNO6S. The average molecular weight is 393 g/mol. The van der Waals surface area contributed by atoms with E-state index >= 15 is 0 Å². The second-order valence-corrected chi connectivity index (χ2v) is 9.14. The van der Waals surface area contributed by atoms with Crippen molar-refractivity contribution in [1.29, 1.82) is 0 Å². The van der Waals surface area contributed by atoms with Crippen LogP contribution in [-0.4, -0.2) is 40.3 Å². The maximum Gasteiger partial charge on any atom is 0.563 e. The van der Waals surface area contributed by atoms with E-state index < -0.39 is 22.7 Å². The molecule has 9 heteroatoms. The molecule has 1 saturated carbocycles. The van der Waals surface area contributed by atoms with Crippen LogP contribution in [0.25, 0.3) is 0 Å². The molecule has 0 amide bonds. The molecule has 27 heavy (non-hydrogen) atoms. The van der Waals surface area contributed by atoms with Gasteiger partial charge in [-0.15, -0.1) is 0 Å². The highest BCUT2D eigenvalue weighted by molar-refractivity contribution is 7.89. The van der Waals surface area contributed by atoms with Gasteiger partial charge >= 0.3 is 13.1 Å². The van der Waals surface area contributed by atoms with E-state index in [2.05, 4.69) is 11.3 Å². The predicted octanol–water partition coefficient (Wildman–Crippen LogP) is 1.34. The minimum Gasteiger partial charge on any atom is -0.534 e. The van der Waals surface area contributed by atoms with Crippen molar-refractivity contribution in [2.45, 2.75) is 49.6 Å². The van der Waals surface area contributed by atoms with Gasteiger partial charge in [0.1, 0.15) is 5.60 Å². The number of methoxy groups -OCH3 is 1. The summed E-state index contributed by atoms with van der Waals surface area (Å²) in [6.45, 7) is 7.56. The van der Waals surface area contributed by atoms with Gasteiger partial charge in [-0.1, -0.05) is 18.7 Å². The largest absolute Gasteiger partial charge is 0.563 e. The van der Waals surface area contributed by atoms with Gasteiger partial charge in [-0.05, 0) is 50.7 Å². The van der Waals surface area contributed by atoms with Crippen molar-refractivity contribution < 1.29 is 27.3 Å². The van der Waals surface area contributed by atoms with E-state index in [4.69, 9.17) is 14.0 Å². The Morgan fingerprint density at radius 3 is 2.52 bits per heavy atom. The van der Waals surface area contributed by atoms with Crippen LogP contribution in [0.3, 0.4) is 0 Å². The van der Waals surface area contributed by atoms with Crippen LogP contribution in [-0.2, 0) is 28.9 Å². The highest BCUT2D eigenvalue weighted by Crippen LogP contribution is 2.30. The predicted molar refractivity (Wildman–Crippen MR) is 101 cm³/mol. The van der Waals surface area contributed by atoms with Crippen molar-refractivity contribution in [3.8, 4) is 0 Å². The number of benzene rings is 1. The van der Waals surface area contributed by atoms with Gasteiger partial charge in [-0.25, -0.2) is 13.1 Å². The van der Waals surface area contributed by atoms with Gasteiger partial charge < -0.3 is 14.0 Å². The number of nitrogens with one attached hydrogen (secondary N) is 1. The van der Waals surface area contributed by atoms with Gasteiger partial charge in [0, 0.05) is 6.04 Å². The standard InChI is InChI=1S/C18H24BNO6S/c1-12-18(2,3)26-19(25-12)14-6-9-16(10-7-14)27(22,23)20-15-8-5-13(11-15)17(21)24-4/h6-7,9-10,13,15,20H,1,5,8,11H2,2-4H3/t13-,15+/m1/s1. The zero-order valence-corrected chi connectivity index (χ0v) is 16.5. The highest BCUT2D eigenvalue weighted by Gasteiger charge is 2.42. The zero-order chi connectivity index (χ0) is 19.8. The molecule has 1 aromatic rings. The number of hydrogen-bond acceptors (Lipinski definition) is 6. The molecule has 7 nitrogen and oxygen atoms in total. The van der Waals surface area contributed by atoms with Crippen molar-refractivity contribution in [3.05, 3.63) is 36.6 Å². The van der Waals surface area contributed by atoms with E-state index in [0.29, 0.717) is 30.5 Å². The molecule has 2 aliphatic rings. The van der Waals surface area contributed by atoms with Gasteiger partial charge in [-0.3, -0.25) is 4.79 Å². The second-order valence-electron chi connectivity index (χ2n) is 7.42. The minimum absolute atomic E-state index is 0.156. The van der Waals surface area contributed by atoms with Crippen LogP contribution < -0.4 is 10.2 Å². The van der Waals surface area contributed by atoms with E-state index in [1.807, 2.05) is 13.8 Å². The number of carbonyl (C=O) groups excluding carboxylic acids is 1. The van der Waals surface area contributed by atoms with E-state index in [0.717, 1.165) is 0 Å². The normalized spacial score (nSPS) is 24.7. The number of hydrogen-bond donors (Lipinski definition) is 1. The molecule has 0 bridgehead atoms. The lowest BCUT2D eigenvalue weighted by molar-refractivity contribution is -0.145. The average Bonchev–Trinajstić information content (AvgIpc) is 3.18. The van der Waals surface area contributed by atoms with Crippen molar-refractivity contribution >= 4 is 28.6 Å². The van der Waals surface area contributed by atoms with Crippen molar-refractivity contribution in [1.82, 2.24) is 4.72 Å². The smallest absolute Gasteiger partial charge is 0.534 e. The van der Waals surface area contributed by atoms with Crippen LogP contribution >= 0.6 is 0 Å². The Labute approximate surface area is 160 Å². The van der Waals surface area contributed by atoms with Gasteiger partial charge in [0.2, 0.25) is 10.0 Å². The fourth-order valence-corrected chi connectivity index (χ4v) is 4.61. The number of ether oxygens (including phenoxy) is 1. The second kappa shape index (κ2) is 7.29. The van der Waals surface area contributed by atoms with Gasteiger partial charge in [0.25, 0.3) is 0 Å². The summed E-state index contributed by atoms with van der Waals surface area (Å²) < 4.78 is 44.1. The summed E-state index contributed by atoms with van der Waals surface area (Å²) in [7, 11) is -2.94. The van der Waals surface area contributed by atoms with Crippen LogP contribution in [0.1, 0.15) is 33.1 Å². The van der Waals surface area contributed by atoms with Crippen molar-refractivity contribution in [3.63, 3.8) is 0 Å². The third kappa shape index (κ3) is 4.20. The molecular weight excluding hydrogens is 369 g/mol. The number of sulfonamides is 1. The maximum absolute atomic E-state index is 12.6. The summed E-state index contributed by atoms with van der Waals surface area (Å²) in [6.07, 6.45) is 1.68. The van der Waals surface area contributed by atoms with Crippen LogP contribution in [0.4, 0.5) is 0 Å². The van der Waals surface area contributed by atoms with Crippen LogP contribution in [0, 0.1) is 5.92 Å². The van der Waals surface area contributed by atoms with Crippen LogP contribution in [0.15, 0.2) is 41.5 Å². The fourth-order valence-electron chi connectivity index (χ4n) is 3.33. The number of rotatable bonds is 5. The molecule has 146 valence electrons. The molecule has 1 aliphatic carbocycles. The first-order valence-corrected chi connectivity index (χ1v) is 10.3. The maximum atomic E-state index is 12.6. The first-order valence-electron chi connectivity index (χ1n) is 8.86. The fraction of sp³-hybridized carbons (Fsp3) is 0.500. The highest BCUT2D eigenvalue weighted by atomic mass is 32.2. The van der Waals surface area contributed by atoms with Crippen LogP contribution in [0.2, 0.25) is 0 Å². The molecule has 2 fully saturated rings. The Morgan fingerprint density at radius 2 is 1.96 bits per heavy atom. The third-order valence-corrected chi connectivity index (χ3v) is 6.61. The van der Waals surface area contributed by atoms with Crippen molar-refractivity contribution in [2.75, 3.05) is 7.11 Å². The monoisotopic (exact) mass is 393 g/mol. The number of carbonyl (C=O) groups is 1. The van der Waals surface area contributed by atoms with Gasteiger partial charge in [0.05, 0.1) is 23.7 Å². The molecule has 1 aromatic carbocycles. The van der Waals surface area contributed by atoms with E-state index in [9.17, 15) is 13.2 Å². The molecule has 1 saturated heterocycles. The molecule has 1 N–H and O–H groups in total. The molecule has 0 radical (unpaired) electrons.